The number of pyridine rings is 1. The van der Waals surface area contributed by atoms with Crippen LogP contribution in [0.25, 0.3) is 11.1 Å². The summed E-state index contributed by atoms with van der Waals surface area (Å²) in [5, 5.41) is 19.7. The molecular formula is C24H21N3O3. The van der Waals surface area contributed by atoms with E-state index in [4.69, 9.17) is 4.74 Å². The summed E-state index contributed by atoms with van der Waals surface area (Å²) >= 11 is 0. The van der Waals surface area contributed by atoms with E-state index in [0.29, 0.717) is 5.56 Å². The van der Waals surface area contributed by atoms with Crippen LogP contribution in [0.4, 0.5) is 0 Å². The number of likely N-dealkylation sites (tertiary alicyclic amines) is 1. The van der Waals surface area contributed by atoms with Crippen molar-refractivity contribution in [3.05, 3.63) is 84.2 Å². The molecule has 0 unspecified atom stereocenters. The van der Waals surface area contributed by atoms with Gasteiger partial charge in [0.1, 0.15) is 11.8 Å². The van der Waals surface area contributed by atoms with Crippen LogP contribution in [0.1, 0.15) is 21.8 Å². The molecule has 150 valence electrons. The SMILES string of the molecule is COc1ccc(-c2ccc([C@H]3[C@H](C#N)N(C(=O)c4cccnc4)[C@H]3CO)cc2)cc1. The Morgan fingerprint density at radius 1 is 1.13 bits per heavy atom. The second kappa shape index (κ2) is 8.36. The monoisotopic (exact) mass is 399 g/mol. The maximum absolute atomic E-state index is 12.8. The van der Waals surface area contributed by atoms with Gasteiger partial charge in [0.05, 0.1) is 31.4 Å². The third-order valence-electron chi connectivity index (χ3n) is 5.59. The van der Waals surface area contributed by atoms with Gasteiger partial charge in [-0.2, -0.15) is 5.26 Å². The van der Waals surface area contributed by atoms with Crippen LogP contribution in [0.2, 0.25) is 0 Å². The number of methoxy groups -OCH3 is 1. The highest BCUT2D eigenvalue weighted by Crippen LogP contribution is 2.41. The lowest BCUT2D eigenvalue weighted by atomic mass is 9.75. The van der Waals surface area contributed by atoms with Crippen LogP contribution in [0, 0.1) is 11.3 Å². The molecular weight excluding hydrogens is 378 g/mol. The molecule has 1 aliphatic heterocycles. The molecule has 0 aliphatic carbocycles. The minimum Gasteiger partial charge on any atom is -0.497 e. The van der Waals surface area contributed by atoms with Crippen LogP contribution in [0.3, 0.4) is 0 Å². The van der Waals surface area contributed by atoms with Gasteiger partial charge in [-0.1, -0.05) is 36.4 Å². The number of hydrogen-bond donors (Lipinski definition) is 1. The van der Waals surface area contributed by atoms with Gasteiger partial charge in [-0.15, -0.1) is 0 Å². The molecule has 1 amide bonds. The fraction of sp³-hybridized carbons (Fsp3) is 0.208. The molecule has 0 saturated carbocycles. The van der Waals surface area contributed by atoms with Gasteiger partial charge in [0.15, 0.2) is 0 Å². The lowest BCUT2D eigenvalue weighted by molar-refractivity contribution is -0.00588. The highest BCUT2D eigenvalue weighted by molar-refractivity contribution is 5.95. The summed E-state index contributed by atoms with van der Waals surface area (Å²) in [6.07, 6.45) is 3.06. The van der Waals surface area contributed by atoms with E-state index in [1.807, 2.05) is 48.5 Å². The summed E-state index contributed by atoms with van der Waals surface area (Å²) < 4.78 is 5.20. The summed E-state index contributed by atoms with van der Waals surface area (Å²) in [6, 6.07) is 20.2. The standard InChI is InChI=1S/C24H21N3O3/c1-30-20-10-8-17(9-11-20)16-4-6-18(7-5-16)23-21(13-25)27(22(23)15-28)24(29)19-3-2-12-26-14-19/h2-12,14,21-23,28H,15H2,1H3/t21-,22-,23-/m0/s1. The zero-order valence-corrected chi connectivity index (χ0v) is 16.5. The number of nitrogens with zero attached hydrogens (tertiary/aromatic N) is 3. The Morgan fingerprint density at radius 2 is 1.80 bits per heavy atom. The Labute approximate surface area is 175 Å². The molecule has 3 atom stereocenters. The van der Waals surface area contributed by atoms with Gasteiger partial charge < -0.3 is 14.7 Å². The largest absolute Gasteiger partial charge is 0.497 e. The molecule has 1 saturated heterocycles. The van der Waals surface area contributed by atoms with Crippen LogP contribution in [-0.2, 0) is 0 Å². The predicted molar refractivity (Wildman–Crippen MR) is 112 cm³/mol. The van der Waals surface area contributed by atoms with Gasteiger partial charge in [-0.25, -0.2) is 0 Å². The molecule has 3 aromatic rings. The average Bonchev–Trinajstić information content (AvgIpc) is 2.80. The van der Waals surface area contributed by atoms with Crippen molar-refractivity contribution in [1.29, 1.82) is 5.26 Å². The van der Waals surface area contributed by atoms with E-state index >= 15 is 0 Å². The lowest BCUT2D eigenvalue weighted by Crippen LogP contribution is -2.65. The lowest BCUT2D eigenvalue weighted by Gasteiger charge is -2.51. The van der Waals surface area contributed by atoms with Gasteiger partial charge in [0.2, 0.25) is 0 Å². The number of ether oxygens (including phenoxy) is 1. The van der Waals surface area contributed by atoms with Crippen molar-refractivity contribution in [3.63, 3.8) is 0 Å². The number of carbonyl (C=O) groups excluding carboxylic acids is 1. The zero-order valence-electron chi connectivity index (χ0n) is 16.5. The number of carbonyl (C=O) groups is 1. The van der Waals surface area contributed by atoms with Crippen molar-refractivity contribution in [2.24, 2.45) is 0 Å². The third kappa shape index (κ3) is 3.40. The molecule has 6 nitrogen and oxygen atoms in total. The third-order valence-corrected chi connectivity index (χ3v) is 5.59. The first kappa shape index (κ1) is 19.6. The highest BCUT2D eigenvalue weighted by atomic mass is 16.5. The molecule has 1 aromatic heterocycles. The normalized spacial score (nSPS) is 20.2. The number of hydrogen-bond acceptors (Lipinski definition) is 5. The van der Waals surface area contributed by atoms with Crippen molar-refractivity contribution in [3.8, 4) is 22.9 Å². The van der Waals surface area contributed by atoms with Crippen LogP contribution < -0.4 is 4.74 Å². The van der Waals surface area contributed by atoms with Crippen molar-refractivity contribution < 1.29 is 14.6 Å². The van der Waals surface area contributed by atoms with E-state index in [-0.39, 0.29) is 18.4 Å². The summed E-state index contributed by atoms with van der Waals surface area (Å²) in [5.41, 5.74) is 3.43. The van der Waals surface area contributed by atoms with Crippen LogP contribution >= 0.6 is 0 Å². The fourth-order valence-electron chi connectivity index (χ4n) is 4.01. The summed E-state index contributed by atoms with van der Waals surface area (Å²) in [4.78, 5) is 18.3. The number of benzene rings is 2. The molecule has 4 rings (SSSR count). The predicted octanol–water partition coefficient (Wildman–Crippen LogP) is 3.25. The van der Waals surface area contributed by atoms with Gasteiger partial charge in [0.25, 0.3) is 5.91 Å². The van der Waals surface area contributed by atoms with Crippen molar-refractivity contribution in [2.75, 3.05) is 13.7 Å². The molecule has 2 aromatic carbocycles. The van der Waals surface area contributed by atoms with Crippen molar-refractivity contribution in [1.82, 2.24) is 9.88 Å². The maximum Gasteiger partial charge on any atom is 0.256 e. The molecule has 2 heterocycles. The number of rotatable bonds is 5. The second-order valence-corrected chi connectivity index (χ2v) is 7.15. The van der Waals surface area contributed by atoms with Gasteiger partial charge >= 0.3 is 0 Å². The number of amides is 1. The molecule has 6 heteroatoms. The topological polar surface area (TPSA) is 86.5 Å². The summed E-state index contributed by atoms with van der Waals surface area (Å²) in [5.74, 6) is 0.260. The molecule has 1 N–H and O–H groups in total. The number of nitriles is 1. The molecule has 0 bridgehead atoms. The smallest absolute Gasteiger partial charge is 0.256 e. The van der Waals surface area contributed by atoms with Crippen molar-refractivity contribution in [2.45, 2.75) is 18.0 Å². The van der Waals surface area contributed by atoms with E-state index in [1.165, 1.54) is 11.1 Å². The second-order valence-electron chi connectivity index (χ2n) is 7.15. The molecule has 30 heavy (non-hydrogen) atoms. The summed E-state index contributed by atoms with van der Waals surface area (Å²) in [7, 11) is 1.63. The first-order valence-electron chi connectivity index (χ1n) is 9.65. The van der Waals surface area contributed by atoms with Crippen molar-refractivity contribution >= 4 is 5.91 Å². The van der Waals surface area contributed by atoms with Crippen LogP contribution in [0.15, 0.2) is 73.1 Å². The molecule has 1 aliphatic rings. The Kier molecular flexibility index (Phi) is 5.46. The minimum atomic E-state index is -0.637. The molecule has 0 radical (unpaired) electrons. The van der Waals surface area contributed by atoms with Crippen LogP contribution in [-0.4, -0.2) is 46.7 Å². The van der Waals surface area contributed by atoms with E-state index in [9.17, 15) is 15.2 Å². The Bertz CT molecular complexity index is 1060. The minimum absolute atomic E-state index is 0.213. The number of aromatic nitrogens is 1. The first-order chi connectivity index (χ1) is 14.7. The Balaban J connectivity index is 1.57. The Morgan fingerprint density at radius 3 is 2.33 bits per heavy atom. The Hall–Kier alpha value is -3.69. The highest BCUT2D eigenvalue weighted by Gasteiger charge is 2.51. The van der Waals surface area contributed by atoms with E-state index in [2.05, 4.69) is 11.1 Å². The van der Waals surface area contributed by atoms with Gasteiger partial charge in [0, 0.05) is 18.3 Å². The van der Waals surface area contributed by atoms with E-state index in [1.54, 1.807) is 25.4 Å². The fourth-order valence-corrected chi connectivity index (χ4v) is 4.01. The van der Waals surface area contributed by atoms with Gasteiger partial charge in [-0.05, 0) is 41.0 Å². The first-order valence-corrected chi connectivity index (χ1v) is 9.65. The van der Waals surface area contributed by atoms with E-state index < -0.39 is 12.1 Å². The zero-order chi connectivity index (χ0) is 21.1. The summed E-state index contributed by atoms with van der Waals surface area (Å²) in [6.45, 7) is -0.213. The number of aliphatic hydroxyl groups is 1. The quantitative estimate of drug-likeness (QED) is 0.712. The van der Waals surface area contributed by atoms with E-state index in [0.717, 1.165) is 22.4 Å². The average molecular weight is 399 g/mol. The van der Waals surface area contributed by atoms with Crippen LogP contribution in [0.5, 0.6) is 5.75 Å². The number of aliphatic hydroxyl groups excluding tert-OH is 1. The molecule has 1 fully saturated rings. The molecule has 0 spiro atoms. The maximum atomic E-state index is 12.8. The van der Waals surface area contributed by atoms with Gasteiger partial charge in [-0.3, -0.25) is 9.78 Å².